The fourth-order valence-corrected chi connectivity index (χ4v) is 1.99. The zero-order valence-electron chi connectivity index (χ0n) is 8.72. The molecule has 1 saturated heterocycles. The molecule has 2 heterocycles. The number of nitrogens with zero attached hydrogens (tertiary/aromatic N) is 1. The number of benzene rings is 1. The first-order valence-electron chi connectivity index (χ1n) is 5.27. The van der Waals surface area contributed by atoms with Gasteiger partial charge in [-0.2, -0.15) is 0 Å². The second-order valence-corrected chi connectivity index (χ2v) is 4.12. The molecule has 16 heavy (non-hydrogen) atoms. The molecule has 0 radical (unpaired) electrons. The van der Waals surface area contributed by atoms with Crippen LogP contribution in [-0.2, 0) is 0 Å². The molecule has 1 aliphatic rings. The van der Waals surface area contributed by atoms with Gasteiger partial charge in [0.15, 0.2) is 0 Å². The molecule has 0 spiro atoms. The van der Waals surface area contributed by atoms with E-state index < -0.39 is 0 Å². The van der Waals surface area contributed by atoms with Crippen molar-refractivity contribution in [3.8, 4) is 0 Å². The van der Waals surface area contributed by atoms with Crippen molar-refractivity contribution >= 4 is 16.9 Å². The van der Waals surface area contributed by atoms with Crippen molar-refractivity contribution in [1.82, 2.24) is 4.90 Å². The first-order chi connectivity index (χ1) is 7.75. The molecule has 82 valence electrons. The number of carbonyl (C=O) groups is 1. The highest BCUT2D eigenvalue weighted by Gasteiger charge is 2.29. The Morgan fingerprint density at radius 1 is 1.38 bits per heavy atom. The first-order valence-corrected chi connectivity index (χ1v) is 5.27. The molecular weight excluding hydrogens is 204 g/mol. The lowest BCUT2D eigenvalue weighted by molar-refractivity contribution is 0.0609. The Labute approximate surface area is 92.6 Å². The Morgan fingerprint density at radius 3 is 2.88 bits per heavy atom. The third-order valence-corrected chi connectivity index (χ3v) is 2.91. The SMILES string of the molecule is NC1CN(C(=O)c2coc3ccccc23)C1. The van der Waals surface area contributed by atoms with E-state index in [0.29, 0.717) is 18.7 Å². The molecule has 0 aliphatic carbocycles. The number of hydrogen-bond acceptors (Lipinski definition) is 3. The van der Waals surface area contributed by atoms with Crippen LogP contribution in [0.15, 0.2) is 34.9 Å². The molecule has 1 aliphatic heterocycles. The summed E-state index contributed by atoms with van der Waals surface area (Å²) in [7, 11) is 0. The minimum Gasteiger partial charge on any atom is -0.463 e. The van der Waals surface area contributed by atoms with Crippen LogP contribution in [0.5, 0.6) is 0 Å². The number of nitrogens with two attached hydrogens (primary N) is 1. The van der Waals surface area contributed by atoms with Gasteiger partial charge in [0.1, 0.15) is 11.8 Å². The molecule has 1 aromatic carbocycles. The van der Waals surface area contributed by atoms with E-state index >= 15 is 0 Å². The number of furan rings is 1. The zero-order valence-corrected chi connectivity index (χ0v) is 8.72. The third-order valence-electron chi connectivity index (χ3n) is 2.91. The number of amides is 1. The summed E-state index contributed by atoms with van der Waals surface area (Å²) in [5, 5.41) is 0.868. The van der Waals surface area contributed by atoms with Crippen LogP contribution in [0.2, 0.25) is 0 Å². The summed E-state index contributed by atoms with van der Waals surface area (Å²) in [6.45, 7) is 1.27. The largest absolute Gasteiger partial charge is 0.463 e. The summed E-state index contributed by atoms with van der Waals surface area (Å²) in [4.78, 5) is 13.8. The number of hydrogen-bond donors (Lipinski definition) is 1. The summed E-state index contributed by atoms with van der Waals surface area (Å²) < 4.78 is 5.34. The van der Waals surface area contributed by atoms with Gasteiger partial charge < -0.3 is 15.1 Å². The molecule has 3 rings (SSSR count). The van der Waals surface area contributed by atoms with E-state index in [4.69, 9.17) is 10.2 Å². The molecule has 0 saturated carbocycles. The summed E-state index contributed by atoms with van der Waals surface area (Å²) in [5.41, 5.74) is 7.03. The normalized spacial score (nSPS) is 16.4. The maximum Gasteiger partial charge on any atom is 0.257 e. The Morgan fingerprint density at radius 2 is 2.12 bits per heavy atom. The molecular formula is C12H12N2O2. The van der Waals surface area contributed by atoms with Crippen molar-refractivity contribution in [3.63, 3.8) is 0 Å². The fourth-order valence-electron chi connectivity index (χ4n) is 1.99. The minimum atomic E-state index is 0.00616. The summed E-state index contributed by atoms with van der Waals surface area (Å²) in [5.74, 6) is 0.00616. The standard InChI is InChI=1S/C12H12N2O2/c13-8-5-14(6-8)12(15)10-7-16-11-4-2-1-3-9(10)11/h1-4,7-8H,5-6,13H2. The van der Waals surface area contributed by atoms with Gasteiger partial charge in [0.25, 0.3) is 5.91 Å². The van der Waals surface area contributed by atoms with Gasteiger partial charge in [0.05, 0.1) is 5.56 Å². The number of rotatable bonds is 1. The predicted molar refractivity (Wildman–Crippen MR) is 60.1 cm³/mol. The number of likely N-dealkylation sites (tertiary alicyclic amines) is 1. The molecule has 4 nitrogen and oxygen atoms in total. The van der Waals surface area contributed by atoms with Crippen molar-refractivity contribution in [2.24, 2.45) is 5.73 Å². The van der Waals surface area contributed by atoms with E-state index in [1.165, 1.54) is 6.26 Å². The highest BCUT2D eigenvalue weighted by atomic mass is 16.3. The van der Waals surface area contributed by atoms with Gasteiger partial charge >= 0.3 is 0 Å². The molecule has 0 unspecified atom stereocenters. The maximum atomic E-state index is 12.1. The highest BCUT2D eigenvalue weighted by Crippen LogP contribution is 2.23. The van der Waals surface area contributed by atoms with Gasteiger partial charge in [-0.3, -0.25) is 4.79 Å². The Balaban J connectivity index is 1.97. The Hall–Kier alpha value is -1.81. The fraction of sp³-hybridized carbons (Fsp3) is 0.250. The van der Waals surface area contributed by atoms with E-state index in [-0.39, 0.29) is 11.9 Å². The first kappa shape index (κ1) is 9.42. The van der Waals surface area contributed by atoms with Gasteiger partial charge in [-0.25, -0.2) is 0 Å². The molecule has 2 N–H and O–H groups in total. The van der Waals surface area contributed by atoms with Crippen molar-refractivity contribution in [1.29, 1.82) is 0 Å². The summed E-state index contributed by atoms with van der Waals surface area (Å²) in [6, 6.07) is 7.66. The predicted octanol–water partition coefficient (Wildman–Crippen LogP) is 1.22. The van der Waals surface area contributed by atoms with Gasteiger partial charge in [-0.15, -0.1) is 0 Å². The lowest BCUT2D eigenvalue weighted by Crippen LogP contribution is -2.57. The number of carbonyl (C=O) groups excluding carboxylic acids is 1. The van der Waals surface area contributed by atoms with Crippen LogP contribution in [0.1, 0.15) is 10.4 Å². The molecule has 2 aromatic rings. The van der Waals surface area contributed by atoms with E-state index in [0.717, 1.165) is 11.0 Å². The van der Waals surface area contributed by atoms with Gasteiger partial charge in [0.2, 0.25) is 0 Å². The van der Waals surface area contributed by atoms with E-state index in [2.05, 4.69) is 0 Å². The topological polar surface area (TPSA) is 59.5 Å². The number of fused-ring (bicyclic) bond motifs is 1. The van der Waals surface area contributed by atoms with Crippen LogP contribution in [0, 0.1) is 0 Å². The smallest absolute Gasteiger partial charge is 0.257 e. The number of para-hydroxylation sites is 1. The molecule has 4 heteroatoms. The molecule has 1 aromatic heterocycles. The Kier molecular flexibility index (Phi) is 1.97. The van der Waals surface area contributed by atoms with Crippen molar-refractivity contribution in [2.75, 3.05) is 13.1 Å². The van der Waals surface area contributed by atoms with Crippen LogP contribution >= 0.6 is 0 Å². The van der Waals surface area contributed by atoms with E-state index in [1.54, 1.807) is 4.90 Å². The van der Waals surface area contributed by atoms with Crippen LogP contribution in [-0.4, -0.2) is 29.9 Å². The van der Waals surface area contributed by atoms with Crippen LogP contribution in [0.3, 0.4) is 0 Å². The Bertz CT molecular complexity index is 541. The van der Waals surface area contributed by atoms with Crippen molar-refractivity contribution in [2.45, 2.75) is 6.04 Å². The monoisotopic (exact) mass is 216 g/mol. The molecule has 1 amide bonds. The van der Waals surface area contributed by atoms with Crippen LogP contribution in [0.4, 0.5) is 0 Å². The van der Waals surface area contributed by atoms with Crippen LogP contribution < -0.4 is 5.73 Å². The molecule has 0 bridgehead atoms. The third kappa shape index (κ3) is 1.31. The minimum absolute atomic E-state index is 0.00616. The van der Waals surface area contributed by atoms with Crippen LogP contribution in [0.25, 0.3) is 11.0 Å². The highest BCUT2D eigenvalue weighted by molar-refractivity contribution is 6.06. The quantitative estimate of drug-likeness (QED) is 0.779. The average molecular weight is 216 g/mol. The lowest BCUT2D eigenvalue weighted by atomic mass is 10.1. The maximum absolute atomic E-state index is 12.1. The van der Waals surface area contributed by atoms with Gasteiger partial charge in [0, 0.05) is 24.5 Å². The zero-order chi connectivity index (χ0) is 11.1. The van der Waals surface area contributed by atoms with E-state index in [1.807, 2.05) is 24.3 Å². The molecule has 0 atom stereocenters. The van der Waals surface area contributed by atoms with Gasteiger partial charge in [-0.1, -0.05) is 18.2 Å². The average Bonchev–Trinajstić information content (AvgIpc) is 2.67. The summed E-state index contributed by atoms with van der Waals surface area (Å²) in [6.07, 6.45) is 1.52. The summed E-state index contributed by atoms with van der Waals surface area (Å²) >= 11 is 0. The van der Waals surface area contributed by atoms with Crippen molar-refractivity contribution in [3.05, 3.63) is 36.1 Å². The molecule has 1 fully saturated rings. The van der Waals surface area contributed by atoms with E-state index in [9.17, 15) is 4.79 Å². The van der Waals surface area contributed by atoms with Crippen molar-refractivity contribution < 1.29 is 9.21 Å². The second kappa shape index (κ2) is 3.35. The van der Waals surface area contributed by atoms with Gasteiger partial charge in [-0.05, 0) is 6.07 Å². The second-order valence-electron chi connectivity index (χ2n) is 4.12. The lowest BCUT2D eigenvalue weighted by Gasteiger charge is -2.36.